The van der Waals surface area contributed by atoms with Crippen molar-refractivity contribution in [1.29, 1.82) is 0 Å². The Bertz CT molecular complexity index is 1140. The standard InChI is InChI=1S/C26H33F4N5O3/c1-3-17-6-7-35(14-17)25(37)31-18-5-4-16(2)19(12-18)20-13-22(32-21(15-36)26(28,29)30)33-24(23(20)27)34-8-10-38-11-9-34/h4-5,12-13,17,21,36H,3,6-11,14-15H2,1-2H3,(H,31,37)(H,32,33)/t17-,21+/m1/s1. The number of aromatic nitrogens is 1. The molecule has 0 radical (unpaired) electrons. The normalized spacial score (nSPS) is 19.0. The largest absolute Gasteiger partial charge is 0.410 e. The van der Waals surface area contributed by atoms with Crippen molar-refractivity contribution in [3.8, 4) is 11.1 Å². The van der Waals surface area contributed by atoms with Gasteiger partial charge >= 0.3 is 12.2 Å². The zero-order chi connectivity index (χ0) is 27.4. The number of carbonyl (C=O) groups excluding carboxylic acids is 1. The average molecular weight is 540 g/mol. The van der Waals surface area contributed by atoms with Crippen LogP contribution in [-0.4, -0.2) is 79.2 Å². The number of halogens is 4. The van der Waals surface area contributed by atoms with Crippen LogP contribution in [-0.2, 0) is 4.74 Å². The van der Waals surface area contributed by atoms with Crippen molar-refractivity contribution in [2.24, 2.45) is 5.92 Å². The highest BCUT2D eigenvalue weighted by molar-refractivity contribution is 5.91. The van der Waals surface area contributed by atoms with Crippen LogP contribution in [0.5, 0.6) is 0 Å². The number of hydrogen-bond acceptors (Lipinski definition) is 6. The van der Waals surface area contributed by atoms with Gasteiger partial charge in [0.15, 0.2) is 11.6 Å². The number of nitrogens with one attached hydrogen (secondary N) is 2. The van der Waals surface area contributed by atoms with Gasteiger partial charge in [0.05, 0.1) is 19.8 Å². The third-order valence-corrected chi connectivity index (χ3v) is 7.08. The van der Waals surface area contributed by atoms with Gasteiger partial charge in [-0.3, -0.25) is 0 Å². The fraction of sp³-hybridized carbons (Fsp3) is 0.538. The highest BCUT2D eigenvalue weighted by Gasteiger charge is 2.40. The van der Waals surface area contributed by atoms with Crippen molar-refractivity contribution in [2.75, 3.05) is 61.5 Å². The molecule has 1 aromatic carbocycles. The van der Waals surface area contributed by atoms with Gasteiger partial charge in [-0.2, -0.15) is 13.2 Å². The van der Waals surface area contributed by atoms with Gasteiger partial charge in [0.2, 0.25) is 0 Å². The predicted octanol–water partition coefficient (Wildman–Crippen LogP) is 4.63. The number of likely N-dealkylation sites (tertiary alicyclic amines) is 1. The third kappa shape index (κ3) is 6.29. The molecule has 0 spiro atoms. The monoisotopic (exact) mass is 539 g/mol. The van der Waals surface area contributed by atoms with Gasteiger partial charge in [-0.1, -0.05) is 19.4 Å². The molecular formula is C26H33F4N5O3. The smallest absolute Gasteiger partial charge is 0.394 e. The van der Waals surface area contributed by atoms with Crippen LogP contribution in [0, 0.1) is 18.7 Å². The Kier molecular flexibility index (Phi) is 8.61. The second-order valence-corrected chi connectivity index (χ2v) is 9.68. The molecule has 0 unspecified atom stereocenters. The van der Waals surface area contributed by atoms with Gasteiger partial charge in [0.1, 0.15) is 11.9 Å². The SMILES string of the molecule is CC[C@@H]1CCN(C(=O)Nc2ccc(C)c(-c3cc(N[C@@H](CO)C(F)(F)F)nc(N4CCOCC4)c3F)c2)C1. The molecule has 12 heteroatoms. The van der Waals surface area contributed by atoms with Crippen LogP contribution in [0.2, 0.25) is 0 Å². The minimum Gasteiger partial charge on any atom is -0.394 e. The second kappa shape index (κ2) is 11.7. The summed E-state index contributed by atoms with van der Waals surface area (Å²) < 4.78 is 61.4. The summed E-state index contributed by atoms with van der Waals surface area (Å²) in [5, 5.41) is 14.4. The molecule has 2 aliphatic rings. The summed E-state index contributed by atoms with van der Waals surface area (Å²) in [5.41, 5.74) is 1.54. The first kappa shape index (κ1) is 27.9. The minimum atomic E-state index is -4.74. The minimum absolute atomic E-state index is 0.0312. The number of rotatable bonds is 7. The molecule has 2 saturated heterocycles. The van der Waals surface area contributed by atoms with Crippen molar-refractivity contribution in [1.82, 2.24) is 9.88 Å². The number of urea groups is 1. The molecular weight excluding hydrogens is 506 g/mol. The van der Waals surface area contributed by atoms with Crippen LogP contribution in [0.25, 0.3) is 11.1 Å². The van der Waals surface area contributed by atoms with Crippen molar-refractivity contribution in [2.45, 2.75) is 38.9 Å². The van der Waals surface area contributed by atoms with E-state index >= 15 is 4.39 Å². The summed E-state index contributed by atoms with van der Waals surface area (Å²) in [6.45, 7) is 5.25. The Morgan fingerprint density at radius 1 is 1.21 bits per heavy atom. The van der Waals surface area contributed by atoms with Gasteiger partial charge in [-0.25, -0.2) is 14.2 Å². The van der Waals surface area contributed by atoms with Crippen molar-refractivity contribution in [3.05, 3.63) is 35.6 Å². The van der Waals surface area contributed by atoms with Gasteiger partial charge in [-0.15, -0.1) is 0 Å². The molecule has 0 aliphatic carbocycles. The number of pyridine rings is 1. The molecule has 0 saturated carbocycles. The number of carbonyl (C=O) groups is 1. The van der Waals surface area contributed by atoms with E-state index in [0.29, 0.717) is 62.1 Å². The van der Waals surface area contributed by atoms with Crippen LogP contribution in [0.3, 0.4) is 0 Å². The van der Waals surface area contributed by atoms with Crippen LogP contribution in [0.4, 0.5) is 39.7 Å². The fourth-order valence-electron chi connectivity index (χ4n) is 4.72. The molecule has 8 nitrogen and oxygen atoms in total. The number of anilines is 3. The topological polar surface area (TPSA) is 90.0 Å². The maximum Gasteiger partial charge on any atom is 0.410 e. The summed E-state index contributed by atoms with van der Waals surface area (Å²) in [6.07, 6.45) is -2.80. The number of aliphatic hydroxyl groups excluding tert-OH is 1. The van der Waals surface area contributed by atoms with Gasteiger partial charge in [0, 0.05) is 37.4 Å². The van der Waals surface area contributed by atoms with Crippen LogP contribution in [0.1, 0.15) is 25.3 Å². The first-order valence-corrected chi connectivity index (χ1v) is 12.7. The lowest BCUT2D eigenvalue weighted by Crippen LogP contribution is -2.40. The molecule has 3 N–H and O–H groups in total. The van der Waals surface area contributed by atoms with Crippen molar-refractivity contribution in [3.63, 3.8) is 0 Å². The molecule has 1 aromatic heterocycles. The lowest BCUT2D eigenvalue weighted by Gasteiger charge is -2.29. The second-order valence-electron chi connectivity index (χ2n) is 9.68. The lowest BCUT2D eigenvalue weighted by atomic mass is 9.99. The molecule has 2 fully saturated rings. The van der Waals surface area contributed by atoms with Gasteiger partial charge in [0.25, 0.3) is 0 Å². The van der Waals surface area contributed by atoms with Crippen LogP contribution < -0.4 is 15.5 Å². The molecule has 3 heterocycles. The van der Waals surface area contributed by atoms with Gasteiger partial charge < -0.3 is 30.3 Å². The number of ether oxygens (including phenoxy) is 1. The maximum atomic E-state index is 15.9. The number of aliphatic hydroxyl groups is 1. The summed E-state index contributed by atoms with van der Waals surface area (Å²) in [4.78, 5) is 20.3. The fourth-order valence-corrected chi connectivity index (χ4v) is 4.72. The molecule has 4 rings (SSSR count). The molecule has 2 aromatic rings. The highest BCUT2D eigenvalue weighted by Crippen LogP contribution is 2.36. The number of morpholine rings is 1. The van der Waals surface area contributed by atoms with Crippen molar-refractivity contribution < 1.29 is 32.2 Å². The third-order valence-electron chi connectivity index (χ3n) is 7.08. The van der Waals surface area contributed by atoms with E-state index in [9.17, 15) is 23.1 Å². The van der Waals surface area contributed by atoms with E-state index in [1.54, 1.807) is 34.9 Å². The van der Waals surface area contributed by atoms with Crippen LogP contribution in [0.15, 0.2) is 24.3 Å². The zero-order valence-corrected chi connectivity index (χ0v) is 21.4. The number of amides is 2. The van der Waals surface area contributed by atoms with E-state index in [0.717, 1.165) is 12.8 Å². The molecule has 38 heavy (non-hydrogen) atoms. The maximum absolute atomic E-state index is 15.9. The molecule has 2 atom stereocenters. The highest BCUT2D eigenvalue weighted by atomic mass is 19.4. The Hall–Kier alpha value is -3.12. The zero-order valence-electron chi connectivity index (χ0n) is 21.4. The van der Waals surface area contributed by atoms with Crippen molar-refractivity contribution >= 4 is 23.4 Å². The molecule has 2 amide bonds. The average Bonchev–Trinajstić information content (AvgIpc) is 3.39. The number of aryl methyl sites for hydroxylation is 1. The van der Waals surface area contributed by atoms with E-state index in [1.807, 2.05) is 0 Å². The van der Waals surface area contributed by atoms with E-state index in [4.69, 9.17) is 4.74 Å². The Balaban J connectivity index is 1.70. The predicted molar refractivity (Wildman–Crippen MR) is 137 cm³/mol. The quantitative estimate of drug-likeness (QED) is 0.445. The number of nitrogens with zero attached hydrogens (tertiary/aromatic N) is 3. The lowest BCUT2D eigenvalue weighted by molar-refractivity contribution is -0.149. The summed E-state index contributed by atoms with van der Waals surface area (Å²) in [6, 6.07) is 3.71. The Labute approximate surface area is 219 Å². The van der Waals surface area contributed by atoms with E-state index < -0.39 is 24.6 Å². The Morgan fingerprint density at radius 3 is 2.58 bits per heavy atom. The number of hydrogen-bond donors (Lipinski definition) is 3. The van der Waals surface area contributed by atoms with E-state index in [1.165, 1.54) is 6.07 Å². The van der Waals surface area contributed by atoms with E-state index in [-0.39, 0.29) is 23.2 Å². The van der Waals surface area contributed by atoms with Gasteiger partial charge in [-0.05, 0) is 48.6 Å². The Morgan fingerprint density at radius 2 is 1.95 bits per heavy atom. The van der Waals surface area contributed by atoms with Crippen LogP contribution >= 0.6 is 0 Å². The summed E-state index contributed by atoms with van der Waals surface area (Å²) in [7, 11) is 0. The first-order chi connectivity index (χ1) is 18.1. The molecule has 208 valence electrons. The number of alkyl halides is 3. The van der Waals surface area contributed by atoms with E-state index in [2.05, 4.69) is 22.5 Å². The molecule has 0 bridgehead atoms. The summed E-state index contributed by atoms with van der Waals surface area (Å²) >= 11 is 0. The summed E-state index contributed by atoms with van der Waals surface area (Å²) in [5.74, 6) is -0.564. The first-order valence-electron chi connectivity index (χ1n) is 12.7. The molecule has 2 aliphatic heterocycles. The number of benzene rings is 1.